The van der Waals surface area contributed by atoms with Crippen molar-refractivity contribution in [3.05, 3.63) is 54.4 Å². The van der Waals surface area contributed by atoms with Gasteiger partial charge in [0.25, 0.3) is 0 Å². The summed E-state index contributed by atoms with van der Waals surface area (Å²) in [4.78, 5) is 4.57. The molecule has 1 aliphatic rings. The van der Waals surface area contributed by atoms with Crippen molar-refractivity contribution >= 4 is 0 Å². The molecule has 2 heteroatoms. The van der Waals surface area contributed by atoms with Crippen LogP contribution in [0.25, 0.3) is 11.1 Å². The summed E-state index contributed by atoms with van der Waals surface area (Å²) in [5.74, 6) is 0. The Labute approximate surface area is 102 Å². The summed E-state index contributed by atoms with van der Waals surface area (Å²) in [6.07, 6.45) is 4.44. The smallest absolute Gasteiger partial charge is 0.0573 e. The van der Waals surface area contributed by atoms with E-state index in [1.807, 2.05) is 12.3 Å². The van der Waals surface area contributed by atoms with E-state index in [0.717, 1.165) is 6.54 Å². The van der Waals surface area contributed by atoms with Crippen LogP contribution in [-0.4, -0.2) is 11.5 Å². The van der Waals surface area contributed by atoms with Gasteiger partial charge in [-0.1, -0.05) is 36.4 Å². The molecular formula is C15H16N2. The van der Waals surface area contributed by atoms with Gasteiger partial charge >= 0.3 is 0 Å². The molecule has 1 fully saturated rings. The number of nitrogens with one attached hydrogen (secondary N) is 1. The summed E-state index contributed by atoms with van der Waals surface area (Å²) in [5, 5.41) is 3.47. The molecule has 17 heavy (non-hydrogen) atoms. The Bertz CT molecular complexity index is 470. The maximum atomic E-state index is 4.57. The fourth-order valence-corrected chi connectivity index (χ4v) is 2.35. The van der Waals surface area contributed by atoms with Crippen molar-refractivity contribution in [2.45, 2.75) is 18.9 Å². The molecule has 1 saturated heterocycles. The Morgan fingerprint density at radius 1 is 1.00 bits per heavy atom. The number of hydrogen-bond donors (Lipinski definition) is 1. The summed E-state index contributed by atoms with van der Waals surface area (Å²) in [5.41, 5.74) is 3.58. The predicted octanol–water partition coefficient (Wildman–Crippen LogP) is 3.17. The standard InChI is InChI=1S/C15H16N2/c1-2-5-12(6-3-1)13-8-9-15(17-11-13)14-7-4-10-16-14/h1-3,5-6,8-9,11,14,16H,4,7,10H2. The topological polar surface area (TPSA) is 24.9 Å². The lowest BCUT2D eigenvalue weighted by molar-refractivity contribution is 0.628. The SMILES string of the molecule is c1ccc(-c2ccc(C3CCCN3)nc2)cc1. The Balaban J connectivity index is 1.85. The molecule has 0 amide bonds. The van der Waals surface area contributed by atoms with Crippen LogP contribution in [0.4, 0.5) is 0 Å². The quantitative estimate of drug-likeness (QED) is 0.847. The van der Waals surface area contributed by atoms with Crippen LogP contribution in [0.15, 0.2) is 48.7 Å². The average Bonchev–Trinajstić information content (AvgIpc) is 2.94. The van der Waals surface area contributed by atoms with E-state index in [1.54, 1.807) is 0 Å². The molecule has 1 aromatic heterocycles. The molecule has 1 aliphatic heterocycles. The van der Waals surface area contributed by atoms with Crippen LogP contribution in [0.1, 0.15) is 24.6 Å². The number of benzene rings is 1. The first-order valence-corrected chi connectivity index (χ1v) is 6.18. The third-order valence-corrected chi connectivity index (χ3v) is 3.31. The monoisotopic (exact) mass is 224 g/mol. The maximum Gasteiger partial charge on any atom is 0.0573 e. The van der Waals surface area contributed by atoms with Gasteiger partial charge in [-0.15, -0.1) is 0 Å². The first kappa shape index (κ1) is 10.5. The van der Waals surface area contributed by atoms with Crippen LogP contribution in [0.3, 0.4) is 0 Å². The van der Waals surface area contributed by atoms with Crippen molar-refractivity contribution in [2.24, 2.45) is 0 Å². The molecule has 1 N–H and O–H groups in total. The molecule has 2 nitrogen and oxygen atoms in total. The molecule has 1 atom stereocenters. The highest BCUT2D eigenvalue weighted by Gasteiger charge is 2.16. The van der Waals surface area contributed by atoms with Crippen LogP contribution in [0, 0.1) is 0 Å². The first-order valence-electron chi connectivity index (χ1n) is 6.18. The van der Waals surface area contributed by atoms with Crippen molar-refractivity contribution in [2.75, 3.05) is 6.54 Å². The minimum absolute atomic E-state index is 0.458. The van der Waals surface area contributed by atoms with Gasteiger partial charge in [-0.3, -0.25) is 4.98 Å². The Kier molecular flexibility index (Phi) is 2.88. The van der Waals surface area contributed by atoms with Crippen molar-refractivity contribution < 1.29 is 0 Å². The lowest BCUT2D eigenvalue weighted by Crippen LogP contribution is -2.13. The average molecular weight is 224 g/mol. The lowest BCUT2D eigenvalue weighted by atomic mass is 10.1. The second kappa shape index (κ2) is 4.68. The number of aromatic nitrogens is 1. The predicted molar refractivity (Wildman–Crippen MR) is 69.7 cm³/mol. The van der Waals surface area contributed by atoms with Crippen molar-refractivity contribution in [3.63, 3.8) is 0 Å². The molecule has 86 valence electrons. The van der Waals surface area contributed by atoms with E-state index < -0.39 is 0 Å². The van der Waals surface area contributed by atoms with Gasteiger partial charge < -0.3 is 5.32 Å². The van der Waals surface area contributed by atoms with Crippen molar-refractivity contribution in [3.8, 4) is 11.1 Å². The molecule has 0 spiro atoms. The zero-order valence-corrected chi connectivity index (χ0v) is 9.76. The Morgan fingerprint density at radius 3 is 2.53 bits per heavy atom. The zero-order chi connectivity index (χ0) is 11.5. The molecule has 0 aliphatic carbocycles. The molecule has 3 rings (SSSR count). The minimum Gasteiger partial charge on any atom is -0.309 e. The minimum atomic E-state index is 0.458. The van der Waals surface area contributed by atoms with E-state index in [1.165, 1.54) is 29.7 Å². The molecule has 0 saturated carbocycles. The molecule has 0 radical (unpaired) electrons. The van der Waals surface area contributed by atoms with Gasteiger partial charge in [0, 0.05) is 17.8 Å². The van der Waals surface area contributed by atoms with E-state index in [2.05, 4.69) is 46.7 Å². The summed E-state index contributed by atoms with van der Waals surface area (Å²) < 4.78 is 0. The van der Waals surface area contributed by atoms with E-state index in [-0.39, 0.29) is 0 Å². The highest BCUT2D eigenvalue weighted by atomic mass is 15.0. The normalized spacial score (nSPS) is 19.4. The second-order valence-electron chi connectivity index (χ2n) is 4.49. The zero-order valence-electron chi connectivity index (χ0n) is 9.76. The number of rotatable bonds is 2. The summed E-state index contributed by atoms with van der Waals surface area (Å²) in [7, 11) is 0. The van der Waals surface area contributed by atoms with E-state index in [9.17, 15) is 0 Å². The van der Waals surface area contributed by atoms with Crippen molar-refractivity contribution in [1.82, 2.24) is 10.3 Å². The van der Waals surface area contributed by atoms with Crippen LogP contribution in [-0.2, 0) is 0 Å². The van der Waals surface area contributed by atoms with Gasteiger partial charge in [0.15, 0.2) is 0 Å². The van der Waals surface area contributed by atoms with E-state index in [0.29, 0.717) is 6.04 Å². The second-order valence-corrected chi connectivity index (χ2v) is 4.49. The molecule has 2 aromatic rings. The maximum absolute atomic E-state index is 4.57. The summed E-state index contributed by atoms with van der Waals surface area (Å²) in [6, 6.07) is 15.1. The molecular weight excluding hydrogens is 208 g/mol. The Hall–Kier alpha value is -1.67. The lowest BCUT2D eigenvalue weighted by Gasteiger charge is -2.10. The highest BCUT2D eigenvalue weighted by Crippen LogP contribution is 2.23. The van der Waals surface area contributed by atoms with Crippen LogP contribution < -0.4 is 5.32 Å². The fourth-order valence-electron chi connectivity index (χ4n) is 2.35. The Morgan fingerprint density at radius 2 is 1.88 bits per heavy atom. The van der Waals surface area contributed by atoms with Crippen molar-refractivity contribution in [1.29, 1.82) is 0 Å². The first-order chi connectivity index (χ1) is 8.43. The van der Waals surface area contributed by atoms with Crippen LogP contribution in [0.5, 0.6) is 0 Å². The van der Waals surface area contributed by atoms with Gasteiger partial charge in [-0.05, 0) is 31.0 Å². The molecule has 1 unspecified atom stereocenters. The number of nitrogens with zero attached hydrogens (tertiary/aromatic N) is 1. The fraction of sp³-hybridized carbons (Fsp3) is 0.267. The number of pyridine rings is 1. The third kappa shape index (κ3) is 2.22. The summed E-state index contributed by atoms with van der Waals surface area (Å²) in [6.45, 7) is 1.12. The molecule has 0 bridgehead atoms. The van der Waals surface area contributed by atoms with Gasteiger partial charge in [0.05, 0.1) is 5.69 Å². The molecule has 1 aromatic carbocycles. The molecule has 2 heterocycles. The van der Waals surface area contributed by atoms with Crippen LogP contribution >= 0.6 is 0 Å². The number of hydrogen-bond acceptors (Lipinski definition) is 2. The van der Waals surface area contributed by atoms with Gasteiger partial charge in [0.2, 0.25) is 0 Å². The van der Waals surface area contributed by atoms with Gasteiger partial charge in [-0.2, -0.15) is 0 Å². The highest BCUT2D eigenvalue weighted by molar-refractivity contribution is 5.62. The largest absolute Gasteiger partial charge is 0.309 e. The third-order valence-electron chi connectivity index (χ3n) is 3.31. The summed E-state index contributed by atoms with van der Waals surface area (Å²) >= 11 is 0. The van der Waals surface area contributed by atoms with Crippen LogP contribution in [0.2, 0.25) is 0 Å². The van der Waals surface area contributed by atoms with Gasteiger partial charge in [-0.25, -0.2) is 0 Å². The van der Waals surface area contributed by atoms with Gasteiger partial charge in [0.1, 0.15) is 0 Å². The van der Waals surface area contributed by atoms with E-state index in [4.69, 9.17) is 0 Å². The van der Waals surface area contributed by atoms with E-state index >= 15 is 0 Å².